The van der Waals surface area contributed by atoms with Crippen molar-refractivity contribution in [3.63, 3.8) is 0 Å². The normalized spacial score (nSPS) is 22.6. The van der Waals surface area contributed by atoms with Crippen molar-refractivity contribution in [3.8, 4) is 28.5 Å². The number of nitrogens with one attached hydrogen (secondary N) is 1. The Balaban J connectivity index is 1.33. The van der Waals surface area contributed by atoms with Crippen LogP contribution in [0.3, 0.4) is 0 Å². The second-order valence-corrected chi connectivity index (χ2v) is 9.40. The Morgan fingerprint density at radius 1 is 1.13 bits per heavy atom. The molecule has 2 aliphatic heterocycles. The quantitative estimate of drug-likeness (QED) is 0.279. The number of aromatic nitrogens is 5. The molecule has 12 heteroatoms. The molecule has 5 heterocycles. The maximum absolute atomic E-state index is 10.8. The lowest BCUT2D eigenvalue weighted by Gasteiger charge is -2.20. The van der Waals surface area contributed by atoms with Gasteiger partial charge in [-0.25, -0.2) is 19.9 Å². The minimum atomic E-state index is -0.790. The van der Waals surface area contributed by atoms with Crippen molar-refractivity contribution in [3.05, 3.63) is 54.2 Å². The highest BCUT2D eigenvalue weighted by molar-refractivity contribution is 6.30. The van der Waals surface area contributed by atoms with Crippen molar-refractivity contribution in [2.45, 2.75) is 24.9 Å². The Labute approximate surface area is 213 Å². The summed E-state index contributed by atoms with van der Waals surface area (Å²) in [6, 6.07) is 9.57. The summed E-state index contributed by atoms with van der Waals surface area (Å²) in [5, 5.41) is 31.9. The molecule has 0 spiro atoms. The van der Waals surface area contributed by atoms with Crippen molar-refractivity contribution < 1.29 is 29.5 Å². The Morgan fingerprint density at radius 2 is 2.00 bits per heavy atom. The highest BCUT2D eigenvalue weighted by Crippen LogP contribution is 2.53. The van der Waals surface area contributed by atoms with Gasteiger partial charge in [-0.15, -0.1) is 0 Å². The molecule has 1 aliphatic carbocycles. The van der Waals surface area contributed by atoms with Crippen molar-refractivity contribution in [2.24, 2.45) is 4.99 Å². The van der Waals surface area contributed by atoms with Gasteiger partial charge in [-0.1, -0.05) is 24.3 Å². The summed E-state index contributed by atoms with van der Waals surface area (Å²) in [5.74, 6) is 1.55. The molecule has 0 saturated carbocycles. The Morgan fingerprint density at radius 3 is 2.84 bits per heavy atom. The molecule has 12 nitrogen and oxygen atoms in total. The molecule has 38 heavy (non-hydrogen) atoms. The van der Waals surface area contributed by atoms with E-state index in [0.717, 1.165) is 22.1 Å². The van der Waals surface area contributed by atoms with Gasteiger partial charge in [0.15, 0.2) is 34.4 Å². The topological polar surface area (TPSA) is 160 Å². The second-order valence-electron chi connectivity index (χ2n) is 9.40. The van der Waals surface area contributed by atoms with E-state index in [1.54, 1.807) is 17.0 Å². The number of aliphatic imine (C=N–C) groups is 1. The van der Waals surface area contributed by atoms with Gasteiger partial charge in [0.2, 0.25) is 6.79 Å². The average molecular weight is 512 g/mol. The number of hydrogen-bond acceptors (Lipinski definition) is 10. The molecule has 0 unspecified atom stereocenters. The van der Waals surface area contributed by atoms with Gasteiger partial charge in [0.1, 0.15) is 18.7 Å². The maximum atomic E-state index is 10.8. The van der Waals surface area contributed by atoms with Crippen molar-refractivity contribution in [1.82, 2.24) is 24.5 Å². The van der Waals surface area contributed by atoms with E-state index in [1.165, 1.54) is 6.33 Å². The standard InChI is InChI=1S/C26H20N6O6/c33-7-16-14(34)6-17(38-16)32-9-29-22-24(27-8-28-25(22)32)30-20-12-4-2-1-3-11(12)19-18-13(26(35)31-21(18)20)5-15-23(19)37-10-36-15/h1-5,8-9,14,16-17,31,33-35H,6-7,10H2/t14-,16+,17+/m0/s1. The van der Waals surface area contributed by atoms with E-state index < -0.39 is 18.4 Å². The number of aromatic hydroxyl groups is 1. The fourth-order valence-corrected chi connectivity index (χ4v) is 5.62. The third kappa shape index (κ3) is 2.84. The van der Waals surface area contributed by atoms with Gasteiger partial charge in [-0.2, -0.15) is 0 Å². The summed E-state index contributed by atoms with van der Waals surface area (Å²) < 4.78 is 19.0. The van der Waals surface area contributed by atoms with Crippen LogP contribution < -0.4 is 9.47 Å². The molecule has 3 aromatic heterocycles. The molecule has 190 valence electrons. The number of imidazole rings is 1. The van der Waals surface area contributed by atoms with E-state index in [0.29, 0.717) is 51.7 Å². The van der Waals surface area contributed by atoms with Crippen LogP contribution in [0.15, 0.2) is 48.0 Å². The lowest BCUT2D eigenvalue weighted by atomic mass is 9.85. The molecule has 4 N–H and O–H groups in total. The zero-order valence-electron chi connectivity index (χ0n) is 19.7. The van der Waals surface area contributed by atoms with E-state index in [4.69, 9.17) is 19.2 Å². The molecule has 3 aliphatic rings. The highest BCUT2D eigenvalue weighted by atomic mass is 16.7. The Hall–Kier alpha value is -4.52. The minimum Gasteiger partial charge on any atom is -0.494 e. The summed E-state index contributed by atoms with van der Waals surface area (Å²) in [5.41, 5.74) is 4.71. The van der Waals surface area contributed by atoms with Gasteiger partial charge in [-0.3, -0.25) is 4.57 Å². The smallest absolute Gasteiger partial charge is 0.231 e. The van der Waals surface area contributed by atoms with Crippen molar-refractivity contribution in [2.75, 3.05) is 13.4 Å². The first-order chi connectivity index (χ1) is 18.6. The lowest BCUT2D eigenvalue weighted by molar-refractivity contribution is -0.0432. The number of nitrogens with zero attached hydrogens (tertiary/aromatic N) is 5. The van der Waals surface area contributed by atoms with Crippen LogP contribution in [0.25, 0.3) is 33.1 Å². The van der Waals surface area contributed by atoms with E-state index >= 15 is 0 Å². The molecular weight excluding hydrogens is 492 g/mol. The molecule has 1 fully saturated rings. The maximum Gasteiger partial charge on any atom is 0.231 e. The van der Waals surface area contributed by atoms with Gasteiger partial charge in [0, 0.05) is 28.3 Å². The van der Waals surface area contributed by atoms with Gasteiger partial charge in [-0.05, 0) is 11.6 Å². The molecule has 0 radical (unpaired) electrons. The number of H-pyrrole nitrogens is 1. The van der Waals surface area contributed by atoms with Crippen LogP contribution in [0.1, 0.15) is 23.9 Å². The molecule has 2 aromatic carbocycles. The third-order valence-corrected chi connectivity index (χ3v) is 7.35. The van der Waals surface area contributed by atoms with Crippen LogP contribution in [0.5, 0.6) is 17.4 Å². The molecule has 1 saturated heterocycles. The van der Waals surface area contributed by atoms with Crippen LogP contribution >= 0.6 is 0 Å². The first-order valence-corrected chi connectivity index (χ1v) is 12.1. The molecule has 8 rings (SSSR count). The number of benzene rings is 2. The molecule has 0 amide bonds. The van der Waals surface area contributed by atoms with Gasteiger partial charge in [0.25, 0.3) is 0 Å². The zero-order chi connectivity index (χ0) is 25.5. The number of rotatable bonds is 3. The van der Waals surface area contributed by atoms with E-state index in [1.807, 2.05) is 24.3 Å². The average Bonchev–Trinajstić information content (AvgIpc) is 3.72. The third-order valence-electron chi connectivity index (χ3n) is 7.35. The second kappa shape index (κ2) is 7.74. The predicted octanol–water partition coefficient (Wildman–Crippen LogP) is 2.53. The van der Waals surface area contributed by atoms with E-state index in [2.05, 4.69) is 19.9 Å². The van der Waals surface area contributed by atoms with Crippen LogP contribution in [0.4, 0.5) is 5.82 Å². The first kappa shape index (κ1) is 21.6. The van der Waals surface area contributed by atoms with Gasteiger partial charge < -0.3 is 34.5 Å². The fraction of sp³-hybridized carbons (Fsp3) is 0.231. The van der Waals surface area contributed by atoms with Gasteiger partial charge >= 0.3 is 0 Å². The fourth-order valence-electron chi connectivity index (χ4n) is 5.62. The van der Waals surface area contributed by atoms with Crippen molar-refractivity contribution in [1.29, 1.82) is 0 Å². The summed E-state index contributed by atoms with van der Waals surface area (Å²) >= 11 is 0. The molecular formula is C26H20N6O6. The minimum absolute atomic E-state index is 0.00236. The number of aliphatic hydroxyl groups is 2. The summed E-state index contributed by atoms with van der Waals surface area (Å²) in [6.07, 6.45) is 1.28. The molecule has 5 aromatic rings. The lowest BCUT2D eigenvalue weighted by Crippen LogP contribution is -2.24. The zero-order valence-corrected chi connectivity index (χ0v) is 19.7. The SMILES string of the molecule is OC[C@H]1O[C@@H](n2cnc3c(N=C4c5ccccc5-c5c6c(cc7c(O)[nH]c4c57)OCO6)ncnc32)C[C@@H]1O. The Kier molecular flexibility index (Phi) is 4.39. The predicted molar refractivity (Wildman–Crippen MR) is 134 cm³/mol. The van der Waals surface area contributed by atoms with E-state index in [-0.39, 0.29) is 19.3 Å². The monoisotopic (exact) mass is 512 g/mol. The Bertz CT molecular complexity index is 1810. The number of ether oxygens (including phenoxy) is 3. The molecule has 0 bridgehead atoms. The number of aromatic amines is 1. The molecule has 3 atom stereocenters. The van der Waals surface area contributed by atoms with E-state index in [9.17, 15) is 15.3 Å². The van der Waals surface area contributed by atoms with Gasteiger partial charge in [0.05, 0.1) is 30.4 Å². The summed E-state index contributed by atoms with van der Waals surface area (Å²) in [6.45, 7) is -0.170. The van der Waals surface area contributed by atoms with Crippen molar-refractivity contribution >= 4 is 33.5 Å². The van der Waals surface area contributed by atoms with Crippen LogP contribution in [-0.4, -0.2) is 71.1 Å². The largest absolute Gasteiger partial charge is 0.494 e. The summed E-state index contributed by atoms with van der Waals surface area (Å²) in [4.78, 5) is 21.4. The van der Waals surface area contributed by atoms with Crippen LogP contribution in [0, 0.1) is 0 Å². The van der Waals surface area contributed by atoms with Crippen LogP contribution in [0.2, 0.25) is 0 Å². The number of aliphatic hydroxyl groups excluding tert-OH is 2. The van der Waals surface area contributed by atoms with Crippen LogP contribution in [-0.2, 0) is 4.74 Å². The first-order valence-electron chi connectivity index (χ1n) is 12.1. The number of hydrogen-bond donors (Lipinski definition) is 4. The summed E-state index contributed by atoms with van der Waals surface area (Å²) in [7, 11) is 0. The highest BCUT2D eigenvalue weighted by Gasteiger charge is 2.36. The number of fused-ring (bicyclic) bond motifs is 5.